The van der Waals surface area contributed by atoms with E-state index in [9.17, 15) is 5.11 Å². The van der Waals surface area contributed by atoms with Crippen molar-refractivity contribution < 1.29 is 5.11 Å². The van der Waals surface area contributed by atoms with Gasteiger partial charge in [0.15, 0.2) is 0 Å². The molecule has 5 heteroatoms. The fourth-order valence-electron chi connectivity index (χ4n) is 4.27. The normalized spacial score (nSPS) is 15.8. The van der Waals surface area contributed by atoms with Crippen LogP contribution in [0.2, 0.25) is 0 Å². The van der Waals surface area contributed by atoms with Crippen molar-refractivity contribution in [2.24, 2.45) is 0 Å². The van der Waals surface area contributed by atoms with Crippen LogP contribution in [0.15, 0.2) is 79.0 Å². The van der Waals surface area contributed by atoms with Crippen molar-refractivity contribution in [3.05, 3.63) is 84.6 Å². The number of rotatable bonds is 4. The molecule has 1 atom stereocenters. The topological polar surface area (TPSA) is 52.5 Å². The van der Waals surface area contributed by atoms with Crippen LogP contribution in [0.25, 0.3) is 22.2 Å². The second kappa shape index (κ2) is 8.36. The Morgan fingerprint density at radius 3 is 2.26 bits per heavy atom. The van der Waals surface area contributed by atoms with Gasteiger partial charge in [-0.05, 0) is 47.9 Å². The van der Waals surface area contributed by atoms with Crippen molar-refractivity contribution >= 4 is 16.9 Å². The lowest BCUT2D eigenvalue weighted by Crippen LogP contribution is -2.47. The van der Waals surface area contributed by atoms with E-state index in [-0.39, 0.29) is 5.75 Å². The van der Waals surface area contributed by atoms with Gasteiger partial charge in [0.05, 0.1) is 17.2 Å². The first-order valence-corrected chi connectivity index (χ1v) is 10.8. The van der Waals surface area contributed by atoms with Crippen LogP contribution >= 0.6 is 0 Å². The summed E-state index contributed by atoms with van der Waals surface area (Å²) in [5, 5.41) is 9.54. The minimum atomic E-state index is 0.271. The van der Waals surface area contributed by atoms with Crippen molar-refractivity contribution in [2.45, 2.75) is 13.0 Å². The van der Waals surface area contributed by atoms with Gasteiger partial charge in [-0.25, -0.2) is 4.98 Å². The Morgan fingerprint density at radius 2 is 1.52 bits per heavy atom. The number of phenols is 1. The highest BCUT2D eigenvalue weighted by atomic mass is 16.3. The Hall–Kier alpha value is -3.44. The third-order valence-electron chi connectivity index (χ3n) is 6.20. The summed E-state index contributed by atoms with van der Waals surface area (Å²) in [6.07, 6.45) is 1.89. The number of benzene rings is 3. The van der Waals surface area contributed by atoms with Crippen molar-refractivity contribution in [3.63, 3.8) is 0 Å². The molecule has 1 aliphatic rings. The predicted octanol–water partition coefficient (Wildman–Crippen LogP) is 4.89. The van der Waals surface area contributed by atoms with E-state index in [2.05, 4.69) is 58.1 Å². The zero-order valence-electron chi connectivity index (χ0n) is 17.6. The van der Waals surface area contributed by atoms with E-state index in [1.54, 1.807) is 12.1 Å². The Balaban J connectivity index is 1.33. The second-order valence-electron chi connectivity index (χ2n) is 8.09. The largest absolute Gasteiger partial charge is 0.508 e. The van der Waals surface area contributed by atoms with E-state index in [4.69, 9.17) is 4.98 Å². The Morgan fingerprint density at radius 1 is 0.806 bits per heavy atom. The lowest BCUT2D eigenvalue weighted by molar-refractivity contribution is 0.198. The molecule has 3 aromatic carbocycles. The van der Waals surface area contributed by atoms with Crippen LogP contribution in [-0.2, 0) is 0 Å². The molecule has 1 unspecified atom stereocenters. The smallest absolute Gasteiger partial charge is 0.147 e. The first-order valence-electron chi connectivity index (χ1n) is 10.8. The average Bonchev–Trinajstić information content (AvgIpc) is 2.84. The minimum Gasteiger partial charge on any atom is -0.508 e. The van der Waals surface area contributed by atoms with Crippen LogP contribution in [0.1, 0.15) is 18.5 Å². The Labute approximate surface area is 182 Å². The lowest BCUT2D eigenvalue weighted by Gasteiger charge is -2.38. The summed E-state index contributed by atoms with van der Waals surface area (Å²) in [6, 6.07) is 24.5. The van der Waals surface area contributed by atoms with Crippen LogP contribution in [0.4, 0.5) is 5.82 Å². The van der Waals surface area contributed by atoms with Gasteiger partial charge in [-0.15, -0.1) is 0 Å². The molecule has 1 saturated heterocycles. The monoisotopic (exact) mass is 410 g/mol. The summed E-state index contributed by atoms with van der Waals surface area (Å²) in [4.78, 5) is 14.4. The molecular weight excluding hydrogens is 384 g/mol. The molecule has 0 amide bonds. The number of aromatic hydroxyl groups is 1. The van der Waals surface area contributed by atoms with Crippen molar-refractivity contribution in [3.8, 4) is 16.9 Å². The van der Waals surface area contributed by atoms with Crippen LogP contribution in [-0.4, -0.2) is 46.2 Å². The first kappa shape index (κ1) is 19.5. The standard InChI is InChI=1S/C26H26N4O/c1-19(20-5-3-2-4-6-20)29-13-15-30(16-14-29)26-18-27-24-12-9-22(17-25(24)28-26)21-7-10-23(31)11-8-21/h2-12,17-19,31H,13-16H2,1H3. The number of phenolic OH excluding ortho intramolecular Hbond substituents is 1. The molecule has 0 bridgehead atoms. The van der Waals surface area contributed by atoms with Gasteiger partial charge < -0.3 is 10.0 Å². The maximum Gasteiger partial charge on any atom is 0.147 e. The number of hydrogen-bond acceptors (Lipinski definition) is 5. The van der Waals surface area contributed by atoms with Crippen LogP contribution in [0, 0.1) is 0 Å². The van der Waals surface area contributed by atoms with Crippen LogP contribution in [0.3, 0.4) is 0 Å². The van der Waals surface area contributed by atoms with Gasteiger partial charge in [0, 0.05) is 32.2 Å². The summed E-state index contributed by atoms with van der Waals surface area (Å²) >= 11 is 0. The number of hydrogen-bond donors (Lipinski definition) is 1. The fourth-order valence-corrected chi connectivity index (χ4v) is 4.27. The maximum absolute atomic E-state index is 9.54. The summed E-state index contributed by atoms with van der Waals surface area (Å²) in [6.45, 7) is 6.17. The zero-order valence-corrected chi connectivity index (χ0v) is 17.6. The van der Waals surface area contributed by atoms with Gasteiger partial charge in [0.25, 0.3) is 0 Å². The molecule has 156 valence electrons. The molecule has 4 aromatic rings. The van der Waals surface area contributed by atoms with Gasteiger partial charge in [0.2, 0.25) is 0 Å². The molecule has 5 nitrogen and oxygen atoms in total. The van der Waals surface area contributed by atoms with Crippen molar-refractivity contribution in [1.82, 2.24) is 14.9 Å². The van der Waals surface area contributed by atoms with Gasteiger partial charge in [0.1, 0.15) is 11.6 Å². The highest BCUT2D eigenvalue weighted by molar-refractivity contribution is 5.82. The van der Waals surface area contributed by atoms with Crippen molar-refractivity contribution in [1.29, 1.82) is 0 Å². The molecule has 2 heterocycles. The molecule has 0 radical (unpaired) electrons. The Bertz CT molecular complexity index is 1170. The molecule has 1 aromatic heterocycles. The quantitative estimate of drug-likeness (QED) is 0.519. The van der Waals surface area contributed by atoms with E-state index in [0.29, 0.717) is 6.04 Å². The third kappa shape index (κ3) is 4.09. The molecule has 1 aliphatic heterocycles. The number of anilines is 1. The average molecular weight is 411 g/mol. The van der Waals surface area contributed by atoms with Gasteiger partial charge in [-0.2, -0.15) is 0 Å². The van der Waals surface area contributed by atoms with E-state index >= 15 is 0 Å². The van der Waals surface area contributed by atoms with E-state index in [1.807, 2.05) is 30.5 Å². The molecule has 31 heavy (non-hydrogen) atoms. The SMILES string of the molecule is CC(c1ccccc1)N1CCN(c2cnc3ccc(-c4ccc(O)cc4)cc3n2)CC1. The number of nitrogens with zero attached hydrogens (tertiary/aromatic N) is 4. The van der Waals surface area contributed by atoms with Crippen molar-refractivity contribution in [2.75, 3.05) is 31.1 Å². The summed E-state index contributed by atoms with van der Waals surface area (Å²) < 4.78 is 0. The molecule has 5 rings (SSSR count). The van der Waals surface area contributed by atoms with Gasteiger partial charge in [-0.3, -0.25) is 9.88 Å². The Kier molecular flexibility index (Phi) is 5.26. The molecule has 0 saturated carbocycles. The fraction of sp³-hybridized carbons (Fsp3) is 0.231. The van der Waals surface area contributed by atoms with E-state index in [1.165, 1.54) is 5.56 Å². The molecule has 0 aliphatic carbocycles. The number of aromatic nitrogens is 2. The van der Waals surface area contributed by atoms with Gasteiger partial charge in [-0.1, -0.05) is 48.5 Å². The summed E-state index contributed by atoms with van der Waals surface area (Å²) in [7, 11) is 0. The summed E-state index contributed by atoms with van der Waals surface area (Å²) in [5.74, 6) is 1.20. The molecule has 1 N–H and O–H groups in total. The first-order chi connectivity index (χ1) is 15.2. The maximum atomic E-state index is 9.54. The number of piperazine rings is 1. The summed E-state index contributed by atoms with van der Waals surface area (Å²) in [5.41, 5.74) is 5.27. The lowest BCUT2D eigenvalue weighted by atomic mass is 10.0. The van der Waals surface area contributed by atoms with E-state index in [0.717, 1.165) is 54.2 Å². The highest BCUT2D eigenvalue weighted by Gasteiger charge is 2.23. The van der Waals surface area contributed by atoms with Crippen LogP contribution in [0.5, 0.6) is 5.75 Å². The molecular formula is C26H26N4O. The van der Waals surface area contributed by atoms with Gasteiger partial charge >= 0.3 is 0 Å². The zero-order chi connectivity index (χ0) is 21.2. The highest BCUT2D eigenvalue weighted by Crippen LogP contribution is 2.27. The molecule has 0 spiro atoms. The van der Waals surface area contributed by atoms with Crippen LogP contribution < -0.4 is 4.90 Å². The molecule has 1 fully saturated rings. The third-order valence-corrected chi connectivity index (χ3v) is 6.20. The van der Waals surface area contributed by atoms with E-state index < -0.39 is 0 Å². The number of fused-ring (bicyclic) bond motifs is 1. The second-order valence-corrected chi connectivity index (χ2v) is 8.09. The minimum absolute atomic E-state index is 0.271. The predicted molar refractivity (Wildman–Crippen MR) is 125 cm³/mol.